The minimum atomic E-state index is 0.0195. The zero-order chi connectivity index (χ0) is 20.3. The van der Waals surface area contributed by atoms with Crippen molar-refractivity contribution < 1.29 is 5.11 Å². The molecule has 1 aromatic heterocycles. The van der Waals surface area contributed by atoms with E-state index in [2.05, 4.69) is 38.9 Å². The van der Waals surface area contributed by atoms with Gasteiger partial charge in [0, 0.05) is 19.0 Å². The quantitative estimate of drug-likeness (QED) is 0.384. The molecule has 1 atom stereocenters. The molecule has 1 unspecified atom stereocenters. The van der Waals surface area contributed by atoms with Crippen LogP contribution in [0.4, 0.5) is 0 Å². The van der Waals surface area contributed by atoms with Gasteiger partial charge in [0.25, 0.3) is 0 Å². The van der Waals surface area contributed by atoms with Crippen molar-refractivity contribution in [1.82, 2.24) is 25.4 Å². The minimum absolute atomic E-state index is 0.0195. The molecule has 0 fully saturated rings. The normalized spacial score (nSPS) is 12.6. The van der Waals surface area contributed by atoms with Crippen molar-refractivity contribution in [2.24, 2.45) is 4.99 Å². The van der Waals surface area contributed by atoms with Crippen LogP contribution in [-0.2, 0) is 13.1 Å². The Labute approximate surface area is 171 Å². The molecule has 29 heavy (non-hydrogen) atoms. The van der Waals surface area contributed by atoms with Crippen molar-refractivity contribution >= 4 is 5.96 Å². The number of benzene rings is 2. The summed E-state index contributed by atoms with van der Waals surface area (Å²) in [7, 11) is 0. The summed E-state index contributed by atoms with van der Waals surface area (Å²) in [5.74, 6) is 0.759. The van der Waals surface area contributed by atoms with Gasteiger partial charge in [0.05, 0.1) is 19.7 Å². The van der Waals surface area contributed by atoms with E-state index in [1.54, 1.807) is 11.0 Å². The number of guanidine groups is 1. The average Bonchev–Trinajstić information content (AvgIpc) is 3.26. The molecular formula is C22H28N6O. The van der Waals surface area contributed by atoms with Gasteiger partial charge in [-0.1, -0.05) is 54.6 Å². The van der Waals surface area contributed by atoms with E-state index >= 15 is 0 Å². The van der Waals surface area contributed by atoms with E-state index in [0.29, 0.717) is 19.6 Å². The number of aliphatic hydroxyl groups is 1. The van der Waals surface area contributed by atoms with Crippen molar-refractivity contribution in [2.45, 2.75) is 25.9 Å². The summed E-state index contributed by atoms with van der Waals surface area (Å²) in [4.78, 5) is 8.68. The molecular weight excluding hydrogens is 364 g/mol. The highest BCUT2D eigenvalue weighted by molar-refractivity contribution is 5.79. The molecule has 0 amide bonds. The molecule has 7 nitrogen and oxygen atoms in total. The van der Waals surface area contributed by atoms with E-state index in [0.717, 1.165) is 29.2 Å². The fraction of sp³-hybridized carbons (Fsp3) is 0.318. The third-order valence-corrected chi connectivity index (χ3v) is 4.57. The van der Waals surface area contributed by atoms with E-state index < -0.39 is 0 Å². The number of aliphatic hydroxyl groups excluding tert-OH is 1. The molecule has 3 aromatic rings. The molecule has 2 aromatic carbocycles. The molecule has 152 valence electrons. The fourth-order valence-electron chi connectivity index (χ4n) is 3.07. The lowest BCUT2D eigenvalue weighted by molar-refractivity contribution is 0.265. The van der Waals surface area contributed by atoms with Crippen LogP contribution in [-0.4, -0.2) is 45.5 Å². The third kappa shape index (κ3) is 6.43. The van der Waals surface area contributed by atoms with Crippen molar-refractivity contribution in [3.8, 4) is 0 Å². The predicted molar refractivity (Wildman–Crippen MR) is 115 cm³/mol. The van der Waals surface area contributed by atoms with Crippen LogP contribution < -0.4 is 10.6 Å². The van der Waals surface area contributed by atoms with Gasteiger partial charge in [-0.25, -0.2) is 14.7 Å². The summed E-state index contributed by atoms with van der Waals surface area (Å²) in [5, 5.41) is 20.5. The Morgan fingerprint density at radius 3 is 2.66 bits per heavy atom. The number of aromatic nitrogens is 3. The first-order chi connectivity index (χ1) is 14.3. The van der Waals surface area contributed by atoms with E-state index in [1.165, 1.54) is 6.33 Å². The van der Waals surface area contributed by atoms with Crippen LogP contribution in [0.15, 0.2) is 72.2 Å². The van der Waals surface area contributed by atoms with E-state index in [1.807, 2.05) is 43.3 Å². The average molecular weight is 393 g/mol. The van der Waals surface area contributed by atoms with Crippen LogP contribution in [0.25, 0.3) is 0 Å². The first kappa shape index (κ1) is 20.5. The van der Waals surface area contributed by atoms with Crippen LogP contribution in [0.2, 0.25) is 0 Å². The van der Waals surface area contributed by atoms with Crippen LogP contribution in [0.3, 0.4) is 0 Å². The standard InChI is InChI=1S/C22H28N6O/c1-2-24-22(26-13-21(15-29)20-9-4-3-5-10-20)25-12-18-7-6-8-19(11-18)14-28-17-23-16-27-28/h3-11,16-17,21,29H,2,12-15H2,1H3,(H2,24,25,26). The molecule has 0 radical (unpaired) electrons. The molecule has 0 spiro atoms. The molecule has 0 saturated carbocycles. The van der Waals surface area contributed by atoms with Gasteiger partial charge in [-0.2, -0.15) is 5.10 Å². The molecule has 3 N–H and O–H groups in total. The maximum atomic E-state index is 9.75. The SMILES string of the molecule is CCNC(=NCc1cccc(Cn2cncn2)c1)NCC(CO)c1ccccc1. The molecule has 1 heterocycles. The summed E-state index contributed by atoms with van der Waals surface area (Å²) in [6.45, 7) is 4.75. The molecule has 0 bridgehead atoms. The Bertz CT molecular complexity index is 879. The zero-order valence-electron chi connectivity index (χ0n) is 16.7. The summed E-state index contributed by atoms with van der Waals surface area (Å²) in [5.41, 5.74) is 3.39. The van der Waals surface area contributed by atoms with Crippen LogP contribution in [0.5, 0.6) is 0 Å². The largest absolute Gasteiger partial charge is 0.396 e. The number of hydrogen-bond acceptors (Lipinski definition) is 4. The lowest BCUT2D eigenvalue weighted by Crippen LogP contribution is -2.39. The predicted octanol–water partition coefficient (Wildman–Crippen LogP) is 2.16. The number of nitrogens with one attached hydrogen (secondary N) is 2. The number of aliphatic imine (C=N–C) groups is 1. The maximum Gasteiger partial charge on any atom is 0.191 e. The Kier molecular flexibility index (Phi) is 7.77. The van der Waals surface area contributed by atoms with E-state index in [-0.39, 0.29) is 12.5 Å². The number of rotatable bonds is 9. The van der Waals surface area contributed by atoms with Gasteiger partial charge < -0.3 is 15.7 Å². The van der Waals surface area contributed by atoms with Crippen molar-refractivity contribution in [1.29, 1.82) is 0 Å². The van der Waals surface area contributed by atoms with Crippen LogP contribution in [0.1, 0.15) is 29.5 Å². The Morgan fingerprint density at radius 2 is 1.93 bits per heavy atom. The summed E-state index contributed by atoms with van der Waals surface area (Å²) in [6, 6.07) is 18.3. The lowest BCUT2D eigenvalue weighted by atomic mass is 10.0. The molecule has 7 heteroatoms. The number of hydrogen-bond donors (Lipinski definition) is 3. The van der Waals surface area contributed by atoms with Crippen LogP contribution >= 0.6 is 0 Å². The Morgan fingerprint density at radius 1 is 1.10 bits per heavy atom. The van der Waals surface area contributed by atoms with Gasteiger partial charge in [0.2, 0.25) is 0 Å². The highest BCUT2D eigenvalue weighted by Crippen LogP contribution is 2.13. The molecule has 0 aliphatic rings. The van der Waals surface area contributed by atoms with Gasteiger partial charge in [-0.05, 0) is 23.6 Å². The van der Waals surface area contributed by atoms with Crippen molar-refractivity contribution in [2.75, 3.05) is 19.7 Å². The number of nitrogens with zero attached hydrogens (tertiary/aromatic N) is 4. The molecule has 3 rings (SSSR count). The smallest absolute Gasteiger partial charge is 0.191 e. The molecule has 0 saturated heterocycles. The van der Waals surface area contributed by atoms with E-state index in [9.17, 15) is 5.11 Å². The minimum Gasteiger partial charge on any atom is -0.396 e. The zero-order valence-corrected chi connectivity index (χ0v) is 16.7. The van der Waals surface area contributed by atoms with E-state index in [4.69, 9.17) is 4.99 Å². The van der Waals surface area contributed by atoms with Gasteiger partial charge in [-0.3, -0.25) is 0 Å². The summed E-state index contributed by atoms with van der Waals surface area (Å²) >= 11 is 0. The van der Waals surface area contributed by atoms with Gasteiger partial charge in [0.1, 0.15) is 12.7 Å². The maximum absolute atomic E-state index is 9.75. The Balaban J connectivity index is 1.61. The second kappa shape index (κ2) is 11.0. The first-order valence-corrected chi connectivity index (χ1v) is 9.86. The monoisotopic (exact) mass is 392 g/mol. The fourth-order valence-corrected chi connectivity index (χ4v) is 3.07. The third-order valence-electron chi connectivity index (χ3n) is 4.57. The van der Waals surface area contributed by atoms with Crippen molar-refractivity contribution in [3.05, 3.63) is 83.9 Å². The molecule has 0 aliphatic carbocycles. The molecule has 0 aliphatic heterocycles. The van der Waals surface area contributed by atoms with Crippen molar-refractivity contribution in [3.63, 3.8) is 0 Å². The highest BCUT2D eigenvalue weighted by atomic mass is 16.3. The lowest BCUT2D eigenvalue weighted by Gasteiger charge is -2.18. The second-order valence-corrected chi connectivity index (χ2v) is 6.78. The summed E-state index contributed by atoms with van der Waals surface area (Å²) < 4.78 is 1.80. The first-order valence-electron chi connectivity index (χ1n) is 9.86. The van der Waals surface area contributed by atoms with Crippen LogP contribution in [0, 0.1) is 0 Å². The highest BCUT2D eigenvalue weighted by Gasteiger charge is 2.10. The Hall–Kier alpha value is -3.19. The van der Waals surface area contributed by atoms with Gasteiger partial charge in [-0.15, -0.1) is 0 Å². The second-order valence-electron chi connectivity index (χ2n) is 6.78. The van der Waals surface area contributed by atoms with Gasteiger partial charge >= 0.3 is 0 Å². The topological polar surface area (TPSA) is 87.4 Å². The van der Waals surface area contributed by atoms with Gasteiger partial charge in [0.15, 0.2) is 5.96 Å². The summed E-state index contributed by atoms with van der Waals surface area (Å²) in [6.07, 6.45) is 3.25.